The van der Waals surface area contributed by atoms with Gasteiger partial charge in [-0.2, -0.15) is 5.10 Å². The largest absolute Gasteiger partial charge is 0.380 e. The lowest BCUT2D eigenvalue weighted by Crippen LogP contribution is -2.32. The zero-order valence-electron chi connectivity index (χ0n) is 16.4. The highest BCUT2D eigenvalue weighted by atomic mass is 35.5. The molecule has 2 aromatic rings. The molecule has 0 saturated heterocycles. The third-order valence-corrected chi connectivity index (χ3v) is 5.06. The van der Waals surface area contributed by atoms with Crippen LogP contribution in [0.5, 0.6) is 0 Å². The number of aromatic nitrogens is 2. The van der Waals surface area contributed by atoms with Gasteiger partial charge in [0, 0.05) is 36.5 Å². The first-order chi connectivity index (χ1) is 13.6. The highest BCUT2D eigenvalue weighted by Gasteiger charge is 2.28. The molecule has 0 unspecified atom stereocenters. The van der Waals surface area contributed by atoms with Gasteiger partial charge in [0.05, 0.1) is 12.5 Å². The van der Waals surface area contributed by atoms with Gasteiger partial charge in [0.1, 0.15) is 0 Å². The van der Waals surface area contributed by atoms with Gasteiger partial charge in [-0.25, -0.2) is 5.48 Å². The Bertz CT molecular complexity index is 720. The molecule has 0 bridgehead atoms. The van der Waals surface area contributed by atoms with Crippen LogP contribution >= 0.6 is 11.6 Å². The molecule has 7 nitrogen and oxygen atoms in total. The first kappa shape index (κ1) is 22.4. The number of aryl methyl sites for hydroxylation is 1. The fraction of sp³-hybridized carbons (Fsp3) is 0.500. The van der Waals surface area contributed by atoms with Crippen LogP contribution < -0.4 is 10.8 Å². The number of halogens is 1. The molecule has 154 valence electrons. The van der Waals surface area contributed by atoms with Crippen molar-refractivity contribution in [3.05, 3.63) is 52.8 Å². The van der Waals surface area contributed by atoms with Gasteiger partial charge in [-0.3, -0.25) is 14.7 Å². The molecule has 2 rings (SSSR count). The van der Waals surface area contributed by atoms with Crippen LogP contribution in [0.25, 0.3) is 0 Å². The normalized spacial score (nSPS) is 13.3. The summed E-state index contributed by atoms with van der Waals surface area (Å²) in [5.41, 5.74) is 3.80. The van der Waals surface area contributed by atoms with E-state index < -0.39 is 12.0 Å². The van der Waals surface area contributed by atoms with E-state index in [1.165, 1.54) is 0 Å². The topological polar surface area (TPSA) is 88.4 Å². The third kappa shape index (κ3) is 6.60. The smallest absolute Gasteiger partial charge is 0.245 e. The predicted molar refractivity (Wildman–Crippen MR) is 109 cm³/mol. The Balaban J connectivity index is 2.25. The molecule has 8 heteroatoms. The second-order valence-electron chi connectivity index (χ2n) is 6.74. The summed E-state index contributed by atoms with van der Waals surface area (Å²) in [6.07, 6.45) is 4.14. The van der Waals surface area contributed by atoms with Gasteiger partial charge >= 0.3 is 0 Å². The van der Waals surface area contributed by atoms with Crippen molar-refractivity contribution in [2.24, 2.45) is 0 Å². The van der Waals surface area contributed by atoms with E-state index in [1.807, 2.05) is 42.1 Å². The average molecular weight is 409 g/mol. The molecular formula is C20H29ClN4O3. The highest BCUT2D eigenvalue weighted by Crippen LogP contribution is 2.29. The van der Waals surface area contributed by atoms with Crippen molar-refractivity contribution in [1.82, 2.24) is 20.6 Å². The molecule has 0 aliphatic rings. The second-order valence-corrected chi connectivity index (χ2v) is 7.18. The van der Waals surface area contributed by atoms with Gasteiger partial charge in [-0.15, -0.1) is 0 Å². The SMILES string of the molecule is CNCCCCn1nccc1[C@@H](Cc1ccc(Cl)cc1)[C@@H](CC(=O)NO)OC. The minimum absolute atomic E-state index is 0.0518. The van der Waals surface area contributed by atoms with Crippen molar-refractivity contribution in [3.63, 3.8) is 0 Å². The summed E-state index contributed by atoms with van der Waals surface area (Å²) in [5.74, 6) is -0.580. The molecule has 1 amide bonds. The molecular weight excluding hydrogens is 380 g/mol. The van der Waals surface area contributed by atoms with Crippen molar-refractivity contribution in [3.8, 4) is 0 Å². The minimum Gasteiger partial charge on any atom is -0.380 e. The second kappa shape index (κ2) is 11.8. The number of unbranched alkanes of at least 4 members (excludes halogenated alkanes) is 1. The maximum atomic E-state index is 11.8. The van der Waals surface area contributed by atoms with Gasteiger partial charge in [0.25, 0.3) is 0 Å². The maximum absolute atomic E-state index is 11.8. The molecule has 1 aromatic carbocycles. The van der Waals surface area contributed by atoms with Crippen molar-refractivity contribution in [2.75, 3.05) is 20.7 Å². The van der Waals surface area contributed by atoms with E-state index in [2.05, 4.69) is 10.4 Å². The number of hydrogen-bond acceptors (Lipinski definition) is 5. The summed E-state index contributed by atoms with van der Waals surface area (Å²) >= 11 is 6.01. The lowest BCUT2D eigenvalue weighted by Gasteiger charge is -2.26. The number of benzene rings is 1. The zero-order chi connectivity index (χ0) is 20.4. The van der Waals surface area contributed by atoms with E-state index >= 15 is 0 Å². The van der Waals surface area contributed by atoms with Crippen molar-refractivity contribution < 1.29 is 14.7 Å². The summed E-state index contributed by atoms with van der Waals surface area (Å²) in [6, 6.07) is 9.63. The zero-order valence-corrected chi connectivity index (χ0v) is 17.2. The summed E-state index contributed by atoms with van der Waals surface area (Å²) in [5, 5.41) is 17.2. The molecule has 0 fully saturated rings. The number of hydroxylamine groups is 1. The third-order valence-electron chi connectivity index (χ3n) is 4.81. The molecule has 0 aliphatic heterocycles. The lowest BCUT2D eigenvalue weighted by atomic mass is 9.89. The van der Waals surface area contributed by atoms with Crippen molar-refractivity contribution in [2.45, 2.75) is 44.2 Å². The van der Waals surface area contributed by atoms with Crippen LogP contribution in [-0.4, -0.2) is 47.7 Å². The first-order valence-electron chi connectivity index (χ1n) is 9.45. The van der Waals surface area contributed by atoms with E-state index in [-0.39, 0.29) is 12.3 Å². The van der Waals surface area contributed by atoms with Crippen LogP contribution in [0.1, 0.15) is 36.4 Å². The number of hydrogen-bond donors (Lipinski definition) is 3. The number of carbonyl (C=O) groups excluding carboxylic acids is 1. The molecule has 28 heavy (non-hydrogen) atoms. The molecule has 0 spiro atoms. The summed E-state index contributed by atoms with van der Waals surface area (Å²) in [7, 11) is 3.52. The molecule has 3 N–H and O–H groups in total. The van der Waals surface area contributed by atoms with Crippen LogP contribution in [0.3, 0.4) is 0 Å². The quantitative estimate of drug-likeness (QED) is 0.285. The number of amides is 1. The lowest BCUT2D eigenvalue weighted by molar-refractivity contribution is -0.132. The average Bonchev–Trinajstić information content (AvgIpc) is 3.17. The number of rotatable bonds is 12. The molecule has 1 heterocycles. The Hall–Kier alpha value is -1.93. The Morgan fingerprint density at radius 2 is 2.04 bits per heavy atom. The molecule has 0 saturated carbocycles. The summed E-state index contributed by atoms with van der Waals surface area (Å²) in [4.78, 5) is 11.8. The van der Waals surface area contributed by atoms with Crippen LogP contribution in [0.4, 0.5) is 0 Å². The van der Waals surface area contributed by atoms with Crippen LogP contribution in [0.2, 0.25) is 5.02 Å². The van der Waals surface area contributed by atoms with Crippen LogP contribution in [-0.2, 0) is 22.5 Å². The fourth-order valence-electron chi connectivity index (χ4n) is 3.33. The van der Waals surface area contributed by atoms with Crippen LogP contribution in [0, 0.1) is 0 Å². The van der Waals surface area contributed by atoms with E-state index in [1.54, 1.807) is 18.8 Å². The molecule has 0 aliphatic carbocycles. The molecule has 1 aromatic heterocycles. The predicted octanol–water partition coefficient (Wildman–Crippen LogP) is 2.77. The van der Waals surface area contributed by atoms with Gasteiger partial charge < -0.3 is 10.1 Å². The number of nitrogens with one attached hydrogen (secondary N) is 2. The van der Waals surface area contributed by atoms with E-state index in [4.69, 9.17) is 21.5 Å². The maximum Gasteiger partial charge on any atom is 0.245 e. The molecule has 2 atom stereocenters. The monoisotopic (exact) mass is 408 g/mol. The van der Waals surface area contributed by atoms with Crippen LogP contribution in [0.15, 0.2) is 36.5 Å². The summed E-state index contributed by atoms with van der Waals surface area (Å²) in [6.45, 7) is 1.76. The van der Waals surface area contributed by atoms with Crippen molar-refractivity contribution in [1.29, 1.82) is 0 Å². The van der Waals surface area contributed by atoms with E-state index in [0.717, 1.165) is 37.2 Å². The Morgan fingerprint density at radius 3 is 2.68 bits per heavy atom. The number of ether oxygens (including phenoxy) is 1. The Morgan fingerprint density at radius 1 is 1.29 bits per heavy atom. The van der Waals surface area contributed by atoms with Gasteiger partial charge in [0.2, 0.25) is 5.91 Å². The van der Waals surface area contributed by atoms with E-state index in [9.17, 15) is 4.79 Å². The van der Waals surface area contributed by atoms with Crippen molar-refractivity contribution >= 4 is 17.5 Å². The summed E-state index contributed by atoms with van der Waals surface area (Å²) < 4.78 is 7.64. The van der Waals surface area contributed by atoms with Gasteiger partial charge in [0.15, 0.2) is 0 Å². The number of carbonyl (C=O) groups is 1. The molecule has 0 radical (unpaired) electrons. The van der Waals surface area contributed by atoms with E-state index in [0.29, 0.717) is 11.4 Å². The van der Waals surface area contributed by atoms with Gasteiger partial charge in [-0.05, 0) is 56.6 Å². The Kier molecular flexibility index (Phi) is 9.43. The fourth-order valence-corrected chi connectivity index (χ4v) is 3.45. The van der Waals surface area contributed by atoms with Gasteiger partial charge in [-0.1, -0.05) is 23.7 Å². The minimum atomic E-state index is -0.479. The Labute approximate surface area is 171 Å². The first-order valence-corrected chi connectivity index (χ1v) is 9.83. The number of nitrogens with zero attached hydrogens (tertiary/aromatic N) is 2. The number of methoxy groups -OCH3 is 1. The highest BCUT2D eigenvalue weighted by molar-refractivity contribution is 6.30. The standard InChI is InChI=1S/C20H29ClN4O3/c1-22-10-3-4-12-25-18(9-11-23-25)17(19(28-2)14-20(26)24-27)13-15-5-7-16(21)8-6-15/h5-9,11,17,19,22,27H,3-4,10,12-14H2,1-2H3,(H,24,26)/t17-,19-/m1/s1.